The van der Waals surface area contributed by atoms with Crippen LogP contribution in [0, 0.1) is 12.8 Å². The van der Waals surface area contributed by atoms with E-state index in [1.807, 2.05) is 26.0 Å². The Bertz CT molecular complexity index is 998. The van der Waals surface area contributed by atoms with Crippen molar-refractivity contribution in [3.8, 4) is 23.0 Å². The topological polar surface area (TPSA) is 101 Å². The van der Waals surface area contributed by atoms with Crippen molar-refractivity contribution >= 4 is 0 Å². The molecule has 0 spiro atoms. The van der Waals surface area contributed by atoms with Crippen LogP contribution >= 0.6 is 0 Å². The molecule has 1 atom stereocenters. The molecule has 0 heterocycles. The van der Waals surface area contributed by atoms with E-state index in [9.17, 15) is 25.5 Å². The minimum atomic E-state index is -0.167. The van der Waals surface area contributed by atoms with Crippen LogP contribution in [0.2, 0.25) is 0 Å². The van der Waals surface area contributed by atoms with Crippen LogP contribution in [0.3, 0.4) is 0 Å². The van der Waals surface area contributed by atoms with Gasteiger partial charge in [0.1, 0.15) is 5.76 Å². The second-order valence-electron chi connectivity index (χ2n) is 7.26. The van der Waals surface area contributed by atoms with Gasteiger partial charge in [0.25, 0.3) is 0 Å². The molecule has 0 bridgehead atoms. The Hall–Kier alpha value is -3.34. The quantitative estimate of drug-likeness (QED) is 0.501. The number of hydrogen-bond donors (Lipinski definition) is 5. The van der Waals surface area contributed by atoms with Gasteiger partial charge in [-0.05, 0) is 84.9 Å². The highest BCUT2D eigenvalue weighted by Gasteiger charge is 2.15. The van der Waals surface area contributed by atoms with Crippen LogP contribution in [0.5, 0.6) is 23.0 Å². The zero-order chi connectivity index (χ0) is 20.4. The molecule has 5 N–H and O–H groups in total. The molecular formula is C23H24O5. The summed E-state index contributed by atoms with van der Waals surface area (Å²) in [4.78, 5) is 0. The number of phenols is 4. The highest BCUT2D eigenvalue weighted by atomic mass is 16.3. The van der Waals surface area contributed by atoms with Crippen molar-refractivity contribution in [1.29, 1.82) is 0 Å². The van der Waals surface area contributed by atoms with Gasteiger partial charge in [-0.25, -0.2) is 0 Å². The van der Waals surface area contributed by atoms with Crippen molar-refractivity contribution in [2.24, 2.45) is 5.92 Å². The Morgan fingerprint density at radius 2 is 1.46 bits per heavy atom. The molecule has 0 fully saturated rings. The summed E-state index contributed by atoms with van der Waals surface area (Å²) < 4.78 is 0. The van der Waals surface area contributed by atoms with Gasteiger partial charge >= 0.3 is 0 Å². The van der Waals surface area contributed by atoms with Gasteiger partial charge in [-0.15, -0.1) is 0 Å². The first-order valence-electron chi connectivity index (χ1n) is 9.05. The van der Waals surface area contributed by atoms with E-state index in [1.54, 1.807) is 18.2 Å². The Labute approximate surface area is 163 Å². The number of rotatable bonds is 4. The van der Waals surface area contributed by atoms with Crippen LogP contribution in [-0.4, -0.2) is 25.5 Å². The summed E-state index contributed by atoms with van der Waals surface area (Å²) in [5, 5.41) is 49.0. The van der Waals surface area contributed by atoms with Crippen molar-refractivity contribution in [2.75, 3.05) is 0 Å². The number of aromatic hydroxyl groups is 4. The summed E-state index contributed by atoms with van der Waals surface area (Å²) in [6.07, 6.45) is 6.80. The van der Waals surface area contributed by atoms with Gasteiger partial charge in [0.05, 0.1) is 0 Å². The fourth-order valence-corrected chi connectivity index (χ4v) is 3.40. The molecule has 0 saturated carbocycles. The lowest BCUT2D eigenvalue weighted by Gasteiger charge is -2.13. The monoisotopic (exact) mass is 380 g/mol. The summed E-state index contributed by atoms with van der Waals surface area (Å²) in [6.45, 7) is 3.69. The lowest BCUT2D eigenvalue weighted by molar-refractivity contribution is 0.402. The van der Waals surface area contributed by atoms with Gasteiger partial charge in [0.15, 0.2) is 23.0 Å². The molecule has 2 aromatic rings. The van der Waals surface area contributed by atoms with E-state index in [4.69, 9.17) is 0 Å². The number of aryl methyl sites for hydroxylation is 1. The second-order valence-corrected chi connectivity index (χ2v) is 7.26. The zero-order valence-electron chi connectivity index (χ0n) is 15.8. The molecule has 1 aliphatic rings. The highest BCUT2D eigenvalue weighted by molar-refractivity contribution is 5.47. The van der Waals surface area contributed by atoms with E-state index in [-0.39, 0.29) is 34.7 Å². The minimum Gasteiger partial charge on any atom is -0.508 e. The fraction of sp³-hybridized carbons (Fsp3) is 0.217. The average molecular weight is 380 g/mol. The summed E-state index contributed by atoms with van der Waals surface area (Å²) in [6, 6.07) is 7.79. The number of benzene rings is 2. The number of phenolic OH excluding ortho intramolecular Hbond substituents is 4. The van der Waals surface area contributed by atoms with Crippen molar-refractivity contribution in [3.05, 3.63) is 82.2 Å². The number of hydrogen-bond acceptors (Lipinski definition) is 5. The largest absolute Gasteiger partial charge is 0.508 e. The Morgan fingerprint density at radius 3 is 2.18 bits per heavy atom. The Balaban J connectivity index is 1.91. The second kappa shape index (κ2) is 7.72. The van der Waals surface area contributed by atoms with E-state index >= 15 is 0 Å². The standard InChI is InChI=1S/C23H24O5/c1-13-6-21(26)23(28)12-18(13)9-17-8-16(5-14(2)20(25)11-17)7-15-3-4-19(24)22(27)10-15/h3-6,8,10-12,17,24-28H,7,9H2,1-2H3. The minimum absolute atomic E-state index is 0.114. The van der Waals surface area contributed by atoms with Gasteiger partial charge in [0.2, 0.25) is 0 Å². The molecule has 1 unspecified atom stereocenters. The molecule has 0 amide bonds. The van der Waals surface area contributed by atoms with Crippen LogP contribution in [0.1, 0.15) is 23.6 Å². The van der Waals surface area contributed by atoms with E-state index in [1.165, 1.54) is 18.2 Å². The molecular weight excluding hydrogens is 356 g/mol. The molecule has 1 aliphatic carbocycles. The molecule has 0 radical (unpaired) electrons. The molecule has 2 aromatic carbocycles. The van der Waals surface area contributed by atoms with E-state index in [0.29, 0.717) is 12.8 Å². The molecule has 5 heteroatoms. The van der Waals surface area contributed by atoms with Crippen molar-refractivity contribution in [1.82, 2.24) is 0 Å². The molecule has 0 saturated heterocycles. The first-order chi connectivity index (χ1) is 13.2. The molecule has 146 valence electrons. The van der Waals surface area contributed by atoms with Crippen molar-refractivity contribution in [2.45, 2.75) is 26.7 Å². The lowest BCUT2D eigenvalue weighted by Crippen LogP contribution is -2.02. The van der Waals surface area contributed by atoms with Gasteiger partial charge in [-0.3, -0.25) is 0 Å². The maximum atomic E-state index is 10.3. The predicted octanol–water partition coefficient (Wildman–Crippen LogP) is 4.55. The normalized spacial score (nSPS) is 16.8. The van der Waals surface area contributed by atoms with E-state index < -0.39 is 0 Å². The van der Waals surface area contributed by atoms with Gasteiger partial charge in [0, 0.05) is 5.92 Å². The number of aliphatic hydroxyl groups excluding tert-OH is 1. The lowest BCUT2D eigenvalue weighted by atomic mass is 9.92. The van der Waals surface area contributed by atoms with Crippen LogP contribution < -0.4 is 0 Å². The van der Waals surface area contributed by atoms with Crippen molar-refractivity contribution in [3.63, 3.8) is 0 Å². The fourth-order valence-electron chi connectivity index (χ4n) is 3.40. The van der Waals surface area contributed by atoms with E-state index in [0.717, 1.165) is 27.8 Å². The van der Waals surface area contributed by atoms with E-state index in [2.05, 4.69) is 0 Å². The summed E-state index contributed by atoms with van der Waals surface area (Å²) in [5.74, 6) is -0.561. The van der Waals surface area contributed by atoms with Gasteiger partial charge in [-0.1, -0.05) is 18.2 Å². The maximum absolute atomic E-state index is 10.3. The highest BCUT2D eigenvalue weighted by Crippen LogP contribution is 2.32. The molecule has 5 nitrogen and oxygen atoms in total. The molecule has 3 rings (SSSR count). The molecule has 0 aromatic heterocycles. The summed E-state index contributed by atoms with van der Waals surface area (Å²) in [7, 11) is 0. The smallest absolute Gasteiger partial charge is 0.157 e. The Kier molecular flexibility index (Phi) is 5.36. The van der Waals surface area contributed by atoms with Gasteiger partial charge in [-0.2, -0.15) is 0 Å². The van der Waals surface area contributed by atoms with Crippen LogP contribution in [0.4, 0.5) is 0 Å². The first kappa shape index (κ1) is 19.4. The first-order valence-corrected chi connectivity index (χ1v) is 9.05. The third-order valence-corrected chi connectivity index (χ3v) is 4.94. The predicted molar refractivity (Wildman–Crippen MR) is 108 cm³/mol. The van der Waals surface area contributed by atoms with Gasteiger partial charge < -0.3 is 25.5 Å². The Morgan fingerprint density at radius 1 is 0.786 bits per heavy atom. The average Bonchev–Trinajstić information content (AvgIpc) is 2.74. The molecule has 0 aliphatic heterocycles. The van der Waals surface area contributed by atoms with Crippen LogP contribution in [-0.2, 0) is 12.8 Å². The SMILES string of the molecule is CC1=CC(Cc2ccc(O)c(O)c2)=CC(Cc2cc(O)c(O)cc2C)C=C1O. The zero-order valence-corrected chi connectivity index (χ0v) is 15.8. The van der Waals surface area contributed by atoms with Crippen LogP contribution in [0.25, 0.3) is 0 Å². The molecule has 28 heavy (non-hydrogen) atoms. The summed E-state index contributed by atoms with van der Waals surface area (Å²) in [5.41, 5.74) is 4.28. The number of aliphatic hydroxyl groups is 1. The third kappa shape index (κ3) is 4.31. The van der Waals surface area contributed by atoms with Crippen molar-refractivity contribution < 1.29 is 25.5 Å². The maximum Gasteiger partial charge on any atom is 0.157 e. The third-order valence-electron chi connectivity index (χ3n) is 4.94. The van der Waals surface area contributed by atoms with Crippen LogP contribution in [0.15, 0.2) is 65.5 Å². The number of allylic oxidation sites excluding steroid dienone is 5. The summed E-state index contributed by atoms with van der Waals surface area (Å²) >= 11 is 0.